The Labute approximate surface area is 129 Å². The van der Waals surface area contributed by atoms with Crippen LogP contribution >= 0.6 is 11.3 Å². The van der Waals surface area contributed by atoms with Crippen molar-refractivity contribution in [3.8, 4) is 0 Å². The average molecular weight is 300 g/mol. The Balaban J connectivity index is 1.63. The third-order valence-corrected chi connectivity index (χ3v) is 4.74. The van der Waals surface area contributed by atoms with Crippen LogP contribution in [-0.4, -0.2) is 19.0 Å². The number of carbonyl (C=O) groups excluding carboxylic acids is 1. The van der Waals surface area contributed by atoms with Crippen LogP contribution in [-0.2, 0) is 0 Å². The quantitative estimate of drug-likeness (QED) is 0.919. The van der Waals surface area contributed by atoms with Crippen LogP contribution in [0.15, 0.2) is 41.1 Å². The van der Waals surface area contributed by atoms with E-state index in [1.54, 1.807) is 0 Å². The second kappa shape index (κ2) is 6.31. The van der Waals surface area contributed by atoms with Crippen LogP contribution in [0.4, 0.5) is 11.4 Å². The third-order valence-electron chi connectivity index (χ3n) is 4.06. The van der Waals surface area contributed by atoms with Crippen LogP contribution in [0, 0.1) is 5.92 Å². The van der Waals surface area contributed by atoms with Gasteiger partial charge >= 0.3 is 0 Å². The zero-order chi connectivity index (χ0) is 14.7. The SMILES string of the molecule is CC1CCN(c2ccc(NC(=O)c3ccsc3)cc2)CC1. The van der Waals surface area contributed by atoms with Crippen LogP contribution in [0.25, 0.3) is 0 Å². The van der Waals surface area contributed by atoms with E-state index in [2.05, 4.69) is 29.3 Å². The molecular weight excluding hydrogens is 280 g/mol. The van der Waals surface area contributed by atoms with E-state index in [4.69, 9.17) is 0 Å². The Morgan fingerprint density at radius 3 is 2.52 bits per heavy atom. The zero-order valence-corrected chi connectivity index (χ0v) is 13.0. The average Bonchev–Trinajstić information content (AvgIpc) is 3.03. The van der Waals surface area contributed by atoms with Gasteiger partial charge in [-0.15, -0.1) is 0 Å². The summed E-state index contributed by atoms with van der Waals surface area (Å²) in [7, 11) is 0. The highest BCUT2D eigenvalue weighted by Crippen LogP contribution is 2.24. The van der Waals surface area contributed by atoms with E-state index < -0.39 is 0 Å². The van der Waals surface area contributed by atoms with Gasteiger partial charge in [-0.1, -0.05) is 6.92 Å². The number of piperidine rings is 1. The van der Waals surface area contributed by atoms with E-state index in [-0.39, 0.29) is 5.91 Å². The standard InChI is InChI=1S/C17H20N2OS/c1-13-6-9-19(10-7-13)16-4-2-15(3-5-16)18-17(20)14-8-11-21-12-14/h2-5,8,11-13H,6-7,9-10H2,1H3,(H,18,20). The number of nitrogens with zero attached hydrogens (tertiary/aromatic N) is 1. The third kappa shape index (κ3) is 3.45. The van der Waals surface area contributed by atoms with Crippen LogP contribution in [0.5, 0.6) is 0 Å². The molecule has 1 amide bonds. The first-order valence-electron chi connectivity index (χ1n) is 7.41. The topological polar surface area (TPSA) is 32.3 Å². The molecule has 1 N–H and O–H groups in total. The van der Waals surface area contributed by atoms with Crippen molar-refractivity contribution < 1.29 is 4.79 Å². The second-order valence-electron chi connectivity index (χ2n) is 5.68. The summed E-state index contributed by atoms with van der Waals surface area (Å²) in [6.07, 6.45) is 2.52. The Bertz CT molecular complexity index is 584. The number of carbonyl (C=O) groups is 1. The molecule has 1 fully saturated rings. The van der Waals surface area contributed by atoms with Crippen LogP contribution in [0.3, 0.4) is 0 Å². The molecule has 1 aliphatic heterocycles. The molecule has 3 nitrogen and oxygen atoms in total. The predicted octanol–water partition coefficient (Wildman–Crippen LogP) is 4.24. The van der Waals surface area contributed by atoms with Gasteiger partial charge in [0.05, 0.1) is 5.56 Å². The van der Waals surface area contributed by atoms with Crippen molar-refractivity contribution in [2.24, 2.45) is 5.92 Å². The van der Waals surface area contributed by atoms with Crippen molar-refractivity contribution in [3.63, 3.8) is 0 Å². The van der Waals surface area contributed by atoms with Gasteiger partial charge in [0, 0.05) is 29.8 Å². The summed E-state index contributed by atoms with van der Waals surface area (Å²) in [5.41, 5.74) is 2.81. The van der Waals surface area contributed by atoms with Crippen LogP contribution < -0.4 is 10.2 Å². The van der Waals surface area contributed by atoms with Crippen molar-refractivity contribution in [3.05, 3.63) is 46.7 Å². The summed E-state index contributed by atoms with van der Waals surface area (Å²) in [6, 6.07) is 10.00. The molecular formula is C17H20N2OS. The van der Waals surface area contributed by atoms with Crippen LogP contribution in [0.2, 0.25) is 0 Å². The van der Waals surface area contributed by atoms with E-state index in [1.165, 1.54) is 29.9 Å². The molecule has 21 heavy (non-hydrogen) atoms. The first-order chi connectivity index (χ1) is 10.2. The maximum atomic E-state index is 12.0. The number of thiophene rings is 1. The molecule has 1 aromatic carbocycles. The highest BCUT2D eigenvalue weighted by atomic mass is 32.1. The molecule has 3 rings (SSSR count). The first kappa shape index (κ1) is 14.1. The highest BCUT2D eigenvalue weighted by Gasteiger charge is 2.16. The minimum Gasteiger partial charge on any atom is -0.372 e. The number of amides is 1. The molecule has 1 aromatic heterocycles. The van der Waals surface area contributed by atoms with Crippen LogP contribution in [0.1, 0.15) is 30.1 Å². The maximum Gasteiger partial charge on any atom is 0.256 e. The monoisotopic (exact) mass is 300 g/mol. The first-order valence-corrected chi connectivity index (χ1v) is 8.35. The van der Waals surface area contributed by atoms with Crippen molar-refractivity contribution in [2.45, 2.75) is 19.8 Å². The molecule has 1 saturated heterocycles. The molecule has 0 unspecified atom stereocenters. The number of hydrogen-bond donors (Lipinski definition) is 1. The fourth-order valence-electron chi connectivity index (χ4n) is 2.62. The summed E-state index contributed by atoms with van der Waals surface area (Å²) in [5, 5.41) is 6.70. The smallest absolute Gasteiger partial charge is 0.256 e. The van der Waals surface area contributed by atoms with Gasteiger partial charge in [0.15, 0.2) is 0 Å². The Hall–Kier alpha value is -1.81. The van der Waals surface area contributed by atoms with E-state index in [0.717, 1.165) is 24.7 Å². The molecule has 0 aliphatic carbocycles. The molecule has 0 bridgehead atoms. The van der Waals surface area contributed by atoms with Gasteiger partial charge < -0.3 is 10.2 Å². The molecule has 0 saturated carbocycles. The van der Waals surface area contributed by atoms with Gasteiger partial charge in [-0.3, -0.25) is 4.79 Å². The van der Waals surface area contributed by atoms with Gasteiger partial charge in [0.2, 0.25) is 0 Å². The van der Waals surface area contributed by atoms with Crippen molar-refractivity contribution in [1.82, 2.24) is 0 Å². The van der Waals surface area contributed by atoms with Gasteiger partial charge in [-0.25, -0.2) is 0 Å². The molecule has 4 heteroatoms. The number of anilines is 2. The van der Waals surface area contributed by atoms with Crippen molar-refractivity contribution in [2.75, 3.05) is 23.3 Å². The van der Waals surface area contributed by atoms with Gasteiger partial charge in [0.1, 0.15) is 0 Å². The molecule has 0 spiro atoms. The number of nitrogens with one attached hydrogen (secondary N) is 1. The molecule has 2 heterocycles. The van der Waals surface area contributed by atoms with Crippen molar-refractivity contribution in [1.29, 1.82) is 0 Å². The lowest BCUT2D eigenvalue weighted by Crippen LogP contribution is -2.32. The van der Waals surface area contributed by atoms with E-state index in [0.29, 0.717) is 5.56 Å². The predicted molar refractivity (Wildman–Crippen MR) is 89.3 cm³/mol. The Morgan fingerprint density at radius 2 is 1.90 bits per heavy atom. The largest absolute Gasteiger partial charge is 0.372 e. The minimum atomic E-state index is -0.0456. The highest BCUT2D eigenvalue weighted by molar-refractivity contribution is 7.08. The zero-order valence-electron chi connectivity index (χ0n) is 12.2. The summed E-state index contributed by atoms with van der Waals surface area (Å²) in [6.45, 7) is 4.57. The molecule has 0 atom stereocenters. The van der Waals surface area contributed by atoms with E-state index in [9.17, 15) is 4.79 Å². The molecule has 0 radical (unpaired) electrons. The Morgan fingerprint density at radius 1 is 1.19 bits per heavy atom. The fourth-order valence-corrected chi connectivity index (χ4v) is 3.26. The van der Waals surface area contributed by atoms with Crippen molar-refractivity contribution >= 4 is 28.6 Å². The summed E-state index contributed by atoms with van der Waals surface area (Å²) in [4.78, 5) is 14.4. The maximum absolute atomic E-state index is 12.0. The van der Waals surface area contributed by atoms with E-state index in [1.807, 2.05) is 29.0 Å². The second-order valence-corrected chi connectivity index (χ2v) is 6.46. The normalized spacial score (nSPS) is 16.0. The number of rotatable bonds is 3. The lowest BCUT2D eigenvalue weighted by atomic mass is 9.99. The lowest BCUT2D eigenvalue weighted by molar-refractivity contribution is 0.102. The number of hydrogen-bond acceptors (Lipinski definition) is 3. The van der Waals surface area contributed by atoms with Gasteiger partial charge in [-0.05, 0) is 54.5 Å². The fraction of sp³-hybridized carbons (Fsp3) is 0.353. The summed E-state index contributed by atoms with van der Waals surface area (Å²) >= 11 is 1.53. The van der Waals surface area contributed by atoms with Gasteiger partial charge in [0.25, 0.3) is 5.91 Å². The molecule has 2 aromatic rings. The Kier molecular flexibility index (Phi) is 4.25. The minimum absolute atomic E-state index is 0.0456. The van der Waals surface area contributed by atoms with Gasteiger partial charge in [-0.2, -0.15) is 11.3 Å². The molecule has 110 valence electrons. The number of benzene rings is 1. The van der Waals surface area contributed by atoms with E-state index >= 15 is 0 Å². The summed E-state index contributed by atoms with van der Waals surface area (Å²) in [5.74, 6) is 0.793. The molecule has 1 aliphatic rings. The lowest BCUT2D eigenvalue weighted by Gasteiger charge is -2.32. The summed E-state index contributed by atoms with van der Waals surface area (Å²) < 4.78 is 0.